The maximum atomic E-state index is 12.7. The molecule has 11 nitrogen and oxygen atoms in total. The van der Waals surface area contributed by atoms with Crippen molar-refractivity contribution in [1.82, 2.24) is 19.8 Å². The molecule has 1 fully saturated rings. The Balaban J connectivity index is 1.34. The van der Waals surface area contributed by atoms with Gasteiger partial charge >= 0.3 is 6.09 Å². The van der Waals surface area contributed by atoms with Crippen molar-refractivity contribution in [3.63, 3.8) is 0 Å². The Morgan fingerprint density at radius 3 is 2.64 bits per heavy atom. The first-order valence-electron chi connectivity index (χ1n) is 14.2. The average Bonchev–Trinajstić information content (AvgIpc) is 3.53. The molecule has 0 saturated heterocycles. The first-order valence-corrected chi connectivity index (χ1v) is 14.2. The van der Waals surface area contributed by atoms with Crippen molar-refractivity contribution in [2.75, 3.05) is 13.1 Å². The number of nitrogens with zero attached hydrogens (tertiary/aromatic N) is 4. The van der Waals surface area contributed by atoms with Crippen LogP contribution in [0.2, 0.25) is 0 Å². The van der Waals surface area contributed by atoms with Crippen LogP contribution in [0.3, 0.4) is 0 Å². The highest BCUT2D eigenvalue weighted by atomic mass is 16.6. The molecule has 0 bridgehead atoms. The lowest BCUT2D eigenvalue weighted by Gasteiger charge is -2.47. The number of rotatable bonds is 3. The molecule has 11 heteroatoms. The summed E-state index contributed by atoms with van der Waals surface area (Å²) >= 11 is 0. The number of carbonyl (C=O) groups is 2. The monoisotopic (exact) mass is 569 g/mol. The molecule has 1 aliphatic carbocycles. The van der Waals surface area contributed by atoms with Gasteiger partial charge < -0.3 is 24.3 Å². The molecule has 216 valence electrons. The van der Waals surface area contributed by atoms with Crippen LogP contribution < -0.4 is 5.32 Å². The molecule has 1 atom stereocenters. The molecule has 4 heterocycles. The largest absolute Gasteiger partial charge is 0.465 e. The van der Waals surface area contributed by atoms with E-state index in [-0.39, 0.29) is 52.1 Å². The first kappa shape index (κ1) is 26.2. The highest BCUT2D eigenvalue weighted by molar-refractivity contribution is 6.01. The van der Waals surface area contributed by atoms with E-state index in [0.29, 0.717) is 29.8 Å². The quantitative estimate of drug-likeness (QED) is 0.222. The van der Waals surface area contributed by atoms with E-state index in [2.05, 4.69) is 14.9 Å². The summed E-state index contributed by atoms with van der Waals surface area (Å²) < 4.78 is 8.33. The molecule has 2 aromatic carbocycles. The maximum Gasteiger partial charge on any atom is 0.407 e. The van der Waals surface area contributed by atoms with Crippen molar-refractivity contribution >= 4 is 45.3 Å². The van der Waals surface area contributed by atoms with Gasteiger partial charge in [0, 0.05) is 30.1 Å². The van der Waals surface area contributed by atoms with Crippen LogP contribution in [0.25, 0.3) is 39.0 Å². The minimum absolute atomic E-state index is 0.0903. The molecule has 4 aromatic rings. The fourth-order valence-electron chi connectivity index (χ4n) is 6.79. The van der Waals surface area contributed by atoms with Gasteiger partial charge in [-0.3, -0.25) is 14.9 Å². The van der Waals surface area contributed by atoms with E-state index in [0.717, 1.165) is 35.7 Å². The fourth-order valence-corrected chi connectivity index (χ4v) is 6.79. The summed E-state index contributed by atoms with van der Waals surface area (Å²) in [5.74, 6) is 0.167. The fraction of sp³-hybridized carbons (Fsp3) is 0.387. The number of aromatic nitrogens is 2. The number of nitro groups is 1. The standard InChI is InChI=1S/C31H31N5O6/c1-30(2,3)25-15-17(7-10-34(25)29(38)39)20-13-22(36(40)41)26-24(14-20)42-28(33-26)19-6-5-18-11-23-27(37)32-16-31(8-4-9-31)35(23)21(18)12-19/h5-6,11-15,25H,4,7-10,16H2,1-3H3,(H,32,37)(H,38,39). The van der Waals surface area contributed by atoms with Crippen molar-refractivity contribution in [2.24, 2.45) is 5.41 Å². The highest BCUT2D eigenvalue weighted by Crippen LogP contribution is 2.45. The number of non-ortho nitro benzene ring substituents is 1. The Bertz CT molecular complexity index is 1850. The third-order valence-corrected chi connectivity index (χ3v) is 9.11. The summed E-state index contributed by atoms with van der Waals surface area (Å²) in [6.07, 6.45) is 4.41. The topological polar surface area (TPSA) is 144 Å². The summed E-state index contributed by atoms with van der Waals surface area (Å²) in [6.45, 7) is 6.80. The molecule has 2 aliphatic heterocycles. The van der Waals surface area contributed by atoms with Crippen molar-refractivity contribution in [3.8, 4) is 11.5 Å². The number of fused-ring (bicyclic) bond motifs is 5. The number of hydrogen-bond acceptors (Lipinski definition) is 6. The van der Waals surface area contributed by atoms with Gasteiger partial charge in [-0.2, -0.15) is 0 Å². The molecule has 1 unspecified atom stereocenters. The van der Waals surface area contributed by atoms with Crippen LogP contribution in [0.15, 0.2) is 46.9 Å². The van der Waals surface area contributed by atoms with Gasteiger partial charge in [0.1, 0.15) is 5.69 Å². The lowest BCUT2D eigenvalue weighted by molar-refractivity contribution is -0.383. The van der Waals surface area contributed by atoms with Gasteiger partial charge in [-0.05, 0) is 66.5 Å². The minimum atomic E-state index is -0.989. The van der Waals surface area contributed by atoms with Crippen LogP contribution in [-0.2, 0) is 5.54 Å². The van der Waals surface area contributed by atoms with Crippen LogP contribution >= 0.6 is 0 Å². The third-order valence-electron chi connectivity index (χ3n) is 9.11. The van der Waals surface area contributed by atoms with E-state index in [1.807, 2.05) is 51.1 Å². The van der Waals surface area contributed by atoms with Crippen LogP contribution in [0, 0.1) is 15.5 Å². The molecular formula is C31H31N5O6. The first-order chi connectivity index (χ1) is 19.9. The van der Waals surface area contributed by atoms with E-state index in [9.17, 15) is 24.8 Å². The minimum Gasteiger partial charge on any atom is -0.465 e. The van der Waals surface area contributed by atoms with Crippen LogP contribution in [0.1, 0.15) is 62.5 Å². The van der Waals surface area contributed by atoms with Gasteiger partial charge in [0.25, 0.3) is 11.6 Å². The van der Waals surface area contributed by atoms with Gasteiger partial charge in [0.15, 0.2) is 11.1 Å². The van der Waals surface area contributed by atoms with E-state index >= 15 is 0 Å². The van der Waals surface area contributed by atoms with Crippen LogP contribution in [-0.4, -0.2) is 55.6 Å². The average molecular weight is 570 g/mol. The van der Waals surface area contributed by atoms with E-state index < -0.39 is 11.0 Å². The van der Waals surface area contributed by atoms with Gasteiger partial charge in [-0.1, -0.05) is 32.9 Å². The Labute approximate surface area is 240 Å². The molecule has 3 aliphatic rings. The summed E-state index contributed by atoms with van der Waals surface area (Å²) in [4.78, 5) is 42.3. The Morgan fingerprint density at radius 2 is 1.98 bits per heavy atom. The number of nitrogens with one attached hydrogen (secondary N) is 1. The van der Waals surface area contributed by atoms with Crippen molar-refractivity contribution in [2.45, 2.75) is 58.0 Å². The van der Waals surface area contributed by atoms with E-state index in [1.54, 1.807) is 6.07 Å². The van der Waals surface area contributed by atoms with Crippen LogP contribution in [0.4, 0.5) is 10.5 Å². The normalized spacial score (nSPS) is 19.9. The molecule has 2 aromatic heterocycles. The molecular weight excluding hydrogens is 538 g/mol. The summed E-state index contributed by atoms with van der Waals surface area (Å²) in [7, 11) is 0. The molecule has 2 N–H and O–H groups in total. The van der Waals surface area contributed by atoms with Crippen molar-refractivity contribution < 1.29 is 24.0 Å². The second-order valence-electron chi connectivity index (χ2n) is 12.7. The molecule has 2 amide bonds. The van der Waals surface area contributed by atoms with Gasteiger partial charge in [0.2, 0.25) is 5.89 Å². The number of oxazole rings is 1. The Kier molecular flexibility index (Phi) is 5.57. The maximum absolute atomic E-state index is 12.7. The smallest absolute Gasteiger partial charge is 0.407 e. The zero-order chi connectivity index (χ0) is 29.6. The van der Waals surface area contributed by atoms with Crippen LogP contribution in [0.5, 0.6) is 0 Å². The number of amides is 2. The number of nitro benzene ring substituents is 1. The summed E-state index contributed by atoms with van der Waals surface area (Å²) in [5, 5.41) is 25.9. The molecule has 42 heavy (non-hydrogen) atoms. The number of hydrogen-bond donors (Lipinski definition) is 2. The van der Waals surface area contributed by atoms with Gasteiger partial charge in [-0.15, -0.1) is 0 Å². The second kappa shape index (κ2) is 8.91. The second-order valence-corrected chi connectivity index (χ2v) is 12.7. The number of carbonyl (C=O) groups excluding carboxylic acids is 1. The van der Waals surface area contributed by atoms with Gasteiger partial charge in [-0.25, -0.2) is 9.78 Å². The zero-order valence-electron chi connectivity index (χ0n) is 23.6. The summed E-state index contributed by atoms with van der Waals surface area (Å²) in [6, 6.07) is 10.5. The lowest BCUT2D eigenvalue weighted by Crippen LogP contribution is -2.55. The van der Waals surface area contributed by atoms with Crippen molar-refractivity contribution in [3.05, 3.63) is 63.8 Å². The van der Waals surface area contributed by atoms with E-state index in [1.165, 1.54) is 11.0 Å². The number of carboxylic acid groups (broad SMARTS) is 1. The summed E-state index contributed by atoms with van der Waals surface area (Å²) in [5.41, 5.74) is 3.44. The van der Waals surface area contributed by atoms with Crippen molar-refractivity contribution in [1.29, 1.82) is 0 Å². The molecule has 1 spiro atoms. The lowest BCUT2D eigenvalue weighted by atomic mass is 9.75. The Hall–Kier alpha value is -4.67. The molecule has 1 saturated carbocycles. The Morgan fingerprint density at radius 1 is 1.19 bits per heavy atom. The molecule has 7 rings (SSSR count). The van der Waals surface area contributed by atoms with Gasteiger partial charge in [0.05, 0.1) is 22.0 Å². The highest BCUT2D eigenvalue weighted by Gasteiger charge is 2.44. The third kappa shape index (κ3) is 3.90. The zero-order valence-corrected chi connectivity index (χ0v) is 23.6. The predicted octanol–water partition coefficient (Wildman–Crippen LogP) is 6.16. The van der Waals surface area contributed by atoms with E-state index in [4.69, 9.17) is 4.42 Å². The predicted molar refractivity (Wildman–Crippen MR) is 156 cm³/mol. The SMILES string of the molecule is CC(C)(C)C1C=C(c2cc([N+](=O)[O-])c3nc(-c4ccc5cc6n(c5c4)C4(CCC4)CNC6=O)oc3c2)CCN1C(=O)O. The number of benzene rings is 2. The molecule has 0 radical (unpaired) electrons.